The van der Waals surface area contributed by atoms with Gasteiger partial charge in [-0.25, -0.2) is 9.00 Å². The number of carbonyl (C=O) groups is 1. The largest absolute Gasteiger partial charge is 0.478 e. The Morgan fingerprint density at radius 1 is 1.67 bits per heavy atom. The van der Waals surface area contributed by atoms with Crippen LogP contribution in [-0.2, 0) is 11.3 Å². The van der Waals surface area contributed by atoms with E-state index >= 15 is 0 Å². The second-order valence-electron chi connectivity index (χ2n) is 1.86. The molecule has 0 amide bonds. The number of carboxylic acids is 1. The van der Waals surface area contributed by atoms with Gasteiger partial charge in [0.05, 0.1) is 5.56 Å². The lowest BCUT2D eigenvalue weighted by molar-refractivity contribution is 0.0696. The van der Waals surface area contributed by atoms with Crippen LogP contribution >= 0.6 is 0 Å². The smallest absolute Gasteiger partial charge is 0.339 e. The van der Waals surface area contributed by atoms with Gasteiger partial charge in [-0.2, -0.15) is 0 Å². The normalized spacial score (nSPS) is 12.4. The molecule has 0 aromatic carbocycles. The Morgan fingerprint density at radius 3 is 2.75 bits per heavy atom. The minimum absolute atomic E-state index is 0.0618. The lowest BCUT2D eigenvalue weighted by Crippen LogP contribution is -2.00. The molecule has 66 valence electrons. The average molecular weight is 191 g/mol. The summed E-state index contributed by atoms with van der Waals surface area (Å²) in [6.07, 6.45) is 0.970. The van der Waals surface area contributed by atoms with Crippen LogP contribution in [0.4, 0.5) is 5.88 Å². The highest BCUT2D eigenvalue weighted by atomic mass is 32.2. The van der Waals surface area contributed by atoms with E-state index in [0.29, 0.717) is 0 Å². The number of anilines is 1. The molecule has 1 heterocycles. The molecule has 3 N–H and O–H groups in total. The van der Waals surface area contributed by atoms with E-state index < -0.39 is 17.2 Å². The molecular formula is C5H5NO5S. The highest BCUT2D eigenvalue weighted by Gasteiger charge is 2.08. The zero-order valence-corrected chi connectivity index (χ0v) is 6.50. The van der Waals surface area contributed by atoms with Crippen molar-refractivity contribution < 1.29 is 23.1 Å². The molecule has 7 heteroatoms. The first-order chi connectivity index (χ1) is 5.59. The summed E-state index contributed by atoms with van der Waals surface area (Å²) in [6, 6.07) is 1.11. The van der Waals surface area contributed by atoms with Crippen molar-refractivity contribution in [1.82, 2.24) is 0 Å². The Kier molecular flexibility index (Phi) is 2.46. The average Bonchev–Trinajstić information content (AvgIpc) is 2.34. The van der Waals surface area contributed by atoms with E-state index in [2.05, 4.69) is 4.42 Å². The van der Waals surface area contributed by atoms with Crippen molar-refractivity contribution in [2.45, 2.75) is 0 Å². The van der Waals surface area contributed by atoms with Crippen LogP contribution in [0.1, 0.15) is 10.4 Å². The maximum atomic E-state index is 10.3. The molecule has 0 saturated heterocycles. The summed E-state index contributed by atoms with van der Waals surface area (Å²) >= 11 is -2.25. The summed E-state index contributed by atoms with van der Waals surface area (Å²) in [5, 5.41) is 8.41. The van der Waals surface area contributed by atoms with Crippen molar-refractivity contribution in [3.63, 3.8) is 0 Å². The Bertz CT molecular complexity index is 319. The van der Waals surface area contributed by atoms with Gasteiger partial charge in [0, 0.05) is 6.07 Å². The summed E-state index contributed by atoms with van der Waals surface area (Å²) in [5.41, 5.74) is -0.0806. The summed E-state index contributed by atoms with van der Waals surface area (Å²) < 4.78 is 25.0. The molecule has 1 aromatic rings. The maximum Gasteiger partial charge on any atom is 0.339 e. The van der Waals surface area contributed by atoms with Crippen molar-refractivity contribution >= 4 is 23.1 Å². The van der Waals surface area contributed by atoms with Crippen LogP contribution in [0.3, 0.4) is 0 Å². The lowest BCUT2D eigenvalue weighted by atomic mass is 10.3. The van der Waals surface area contributed by atoms with Crippen LogP contribution in [0.25, 0.3) is 0 Å². The van der Waals surface area contributed by atoms with E-state index in [1.54, 1.807) is 0 Å². The quantitative estimate of drug-likeness (QED) is 0.605. The molecule has 0 spiro atoms. The van der Waals surface area contributed by atoms with E-state index in [4.69, 9.17) is 9.66 Å². The SMILES string of the molecule is O=C(O)c1coc(NS(=O)O)c1. The van der Waals surface area contributed by atoms with E-state index in [-0.39, 0.29) is 11.4 Å². The van der Waals surface area contributed by atoms with Crippen LogP contribution in [0.5, 0.6) is 0 Å². The van der Waals surface area contributed by atoms with Crippen LogP contribution in [0.15, 0.2) is 16.7 Å². The molecular weight excluding hydrogens is 186 g/mol. The first-order valence-corrected chi connectivity index (χ1v) is 3.89. The Labute approximate surface area is 69.6 Å². The van der Waals surface area contributed by atoms with Crippen molar-refractivity contribution in [1.29, 1.82) is 0 Å². The zero-order chi connectivity index (χ0) is 9.14. The molecule has 0 radical (unpaired) electrons. The molecule has 0 saturated carbocycles. The second kappa shape index (κ2) is 3.37. The van der Waals surface area contributed by atoms with Crippen molar-refractivity contribution in [2.24, 2.45) is 0 Å². The molecule has 1 unspecified atom stereocenters. The Balaban J connectivity index is 2.77. The number of rotatable bonds is 3. The minimum Gasteiger partial charge on any atom is -0.478 e. The van der Waals surface area contributed by atoms with Crippen LogP contribution in [-0.4, -0.2) is 19.8 Å². The third-order valence-corrected chi connectivity index (χ3v) is 1.41. The fraction of sp³-hybridized carbons (Fsp3) is 0. The molecule has 0 aliphatic carbocycles. The van der Waals surface area contributed by atoms with Crippen molar-refractivity contribution in [2.75, 3.05) is 4.72 Å². The molecule has 1 aromatic heterocycles. The first kappa shape index (κ1) is 8.75. The summed E-state index contributed by atoms with van der Waals surface area (Å²) in [5.74, 6) is -1.22. The monoisotopic (exact) mass is 191 g/mol. The number of furan rings is 1. The number of hydrogen-bond acceptors (Lipinski definition) is 3. The molecule has 1 rings (SSSR count). The van der Waals surface area contributed by atoms with Gasteiger partial charge < -0.3 is 9.52 Å². The standard InChI is InChI=1S/C5H5NO5S/c7-5(8)3-1-4(11-2-3)6-12(9)10/h1-2,6H,(H,7,8)(H,9,10). The Hall–Kier alpha value is -1.34. The number of aromatic carboxylic acids is 1. The number of carboxylic acid groups (broad SMARTS) is 1. The van der Waals surface area contributed by atoms with Crippen LogP contribution in [0, 0.1) is 0 Å². The summed E-state index contributed by atoms with van der Waals surface area (Å²) in [6.45, 7) is 0. The Morgan fingerprint density at radius 2 is 2.33 bits per heavy atom. The zero-order valence-electron chi connectivity index (χ0n) is 5.68. The van der Waals surface area contributed by atoms with E-state index in [9.17, 15) is 9.00 Å². The van der Waals surface area contributed by atoms with Gasteiger partial charge in [0.15, 0.2) is 0 Å². The van der Waals surface area contributed by atoms with Gasteiger partial charge in [-0.1, -0.05) is 0 Å². The summed E-state index contributed by atoms with van der Waals surface area (Å²) in [7, 11) is 0. The number of hydrogen-bond donors (Lipinski definition) is 3. The van der Waals surface area contributed by atoms with Gasteiger partial charge in [0.1, 0.15) is 6.26 Å². The van der Waals surface area contributed by atoms with E-state index in [1.807, 2.05) is 4.72 Å². The van der Waals surface area contributed by atoms with Crippen LogP contribution in [0.2, 0.25) is 0 Å². The lowest BCUT2D eigenvalue weighted by Gasteiger charge is -1.91. The van der Waals surface area contributed by atoms with Crippen LogP contribution < -0.4 is 4.72 Å². The maximum absolute atomic E-state index is 10.3. The van der Waals surface area contributed by atoms with E-state index in [0.717, 1.165) is 12.3 Å². The topological polar surface area (TPSA) is 99.8 Å². The highest BCUT2D eigenvalue weighted by molar-refractivity contribution is 7.80. The predicted molar refractivity (Wildman–Crippen MR) is 40.1 cm³/mol. The molecule has 0 bridgehead atoms. The molecule has 6 nitrogen and oxygen atoms in total. The predicted octanol–water partition coefficient (Wildman–Crippen LogP) is 0.526. The van der Waals surface area contributed by atoms with Crippen molar-refractivity contribution in [3.05, 3.63) is 17.9 Å². The van der Waals surface area contributed by atoms with Gasteiger partial charge >= 0.3 is 5.97 Å². The van der Waals surface area contributed by atoms with Gasteiger partial charge in [0.2, 0.25) is 5.88 Å². The fourth-order valence-corrected chi connectivity index (χ4v) is 0.867. The second-order valence-corrected chi connectivity index (χ2v) is 2.56. The van der Waals surface area contributed by atoms with Gasteiger partial charge in [-0.05, 0) is 0 Å². The third-order valence-electron chi connectivity index (χ3n) is 1.03. The molecule has 1 atom stereocenters. The molecule has 0 fully saturated rings. The summed E-state index contributed by atoms with van der Waals surface area (Å²) in [4.78, 5) is 10.3. The number of nitrogens with one attached hydrogen (secondary N) is 1. The van der Waals surface area contributed by atoms with E-state index in [1.165, 1.54) is 0 Å². The van der Waals surface area contributed by atoms with Crippen molar-refractivity contribution in [3.8, 4) is 0 Å². The first-order valence-electron chi connectivity index (χ1n) is 2.79. The van der Waals surface area contributed by atoms with Gasteiger partial charge in [-0.15, -0.1) is 0 Å². The highest BCUT2D eigenvalue weighted by Crippen LogP contribution is 2.12. The third kappa shape index (κ3) is 2.07. The molecule has 0 aliphatic rings. The minimum atomic E-state index is -2.25. The van der Waals surface area contributed by atoms with Gasteiger partial charge in [-0.3, -0.25) is 9.27 Å². The fourth-order valence-electron chi connectivity index (χ4n) is 0.588. The van der Waals surface area contributed by atoms with Gasteiger partial charge in [0.25, 0.3) is 11.3 Å². The molecule has 0 aliphatic heterocycles. The molecule has 12 heavy (non-hydrogen) atoms.